The number of halogens is 1. The molecule has 0 bridgehead atoms. The van der Waals surface area contributed by atoms with E-state index in [1.54, 1.807) is 26.0 Å². The summed E-state index contributed by atoms with van der Waals surface area (Å²) >= 11 is 0. The van der Waals surface area contributed by atoms with Crippen LogP contribution < -0.4 is 4.74 Å². The molecular formula is C14H22ClNO3S. The van der Waals surface area contributed by atoms with Crippen LogP contribution in [0.3, 0.4) is 0 Å². The third-order valence-electron chi connectivity index (χ3n) is 3.25. The zero-order chi connectivity index (χ0) is 15.3. The molecule has 1 aromatic rings. The number of hydrogen-bond donors (Lipinski definition) is 0. The Hall–Kier alpha value is -0.780. The summed E-state index contributed by atoms with van der Waals surface area (Å²) in [6.07, 6.45) is 0. The van der Waals surface area contributed by atoms with Crippen molar-refractivity contribution in [2.75, 3.05) is 26.2 Å². The minimum atomic E-state index is -3.71. The summed E-state index contributed by atoms with van der Waals surface area (Å²) in [5.41, 5.74) is 1.22. The van der Waals surface area contributed by atoms with Crippen LogP contribution in [0.25, 0.3) is 0 Å². The van der Waals surface area contributed by atoms with Gasteiger partial charge in [0.2, 0.25) is 0 Å². The van der Waals surface area contributed by atoms with Gasteiger partial charge >= 0.3 is 0 Å². The van der Waals surface area contributed by atoms with Gasteiger partial charge in [-0.15, -0.1) is 0 Å². The SMILES string of the molecule is CCN(CC)CCOc1cc(C)c(S(=O)(=O)Cl)c(C)c1. The number of likely N-dealkylation sites (N-methyl/N-ethyl adjacent to an activating group) is 1. The molecule has 4 nitrogen and oxygen atoms in total. The number of ether oxygens (including phenoxy) is 1. The second kappa shape index (κ2) is 7.29. The molecule has 0 aliphatic carbocycles. The van der Waals surface area contributed by atoms with Gasteiger partial charge in [0.05, 0.1) is 4.90 Å². The van der Waals surface area contributed by atoms with Crippen LogP contribution in [0.1, 0.15) is 25.0 Å². The molecule has 1 rings (SSSR count). The van der Waals surface area contributed by atoms with Gasteiger partial charge in [-0.25, -0.2) is 8.42 Å². The van der Waals surface area contributed by atoms with Crippen LogP contribution >= 0.6 is 10.7 Å². The summed E-state index contributed by atoms with van der Waals surface area (Å²) in [7, 11) is 1.72. The Morgan fingerprint density at radius 1 is 1.15 bits per heavy atom. The molecule has 6 heteroatoms. The molecule has 0 unspecified atom stereocenters. The van der Waals surface area contributed by atoms with Crippen LogP contribution in [0.5, 0.6) is 5.75 Å². The highest BCUT2D eigenvalue weighted by molar-refractivity contribution is 8.13. The zero-order valence-corrected chi connectivity index (χ0v) is 14.0. The minimum absolute atomic E-state index is 0.176. The Kier molecular flexibility index (Phi) is 6.30. The Morgan fingerprint density at radius 3 is 2.05 bits per heavy atom. The topological polar surface area (TPSA) is 46.6 Å². The molecule has 0 amide bonds. The second-order valence-corrected chi connectivity index (χ2v) is 7.20. The maximum absolute atomic E-state index is 11.5. The lowest BCUT2D eigenvalue weighted by Gasteiger charge is -2.18. The monoisotopic (exact) mass is 319 g/mol. The first kappa shape index (κ1) is 17.3. The van der Waals surface area contributed by atoms with Gasteiger partial charge in [-0.05, 0) is 50.2 Å². The van der Waals surface area contributed by atoms with Crippen molar-refractivity contribution in [2.24, 2.45) is 0 Å². The lowest BCUT2D eigenvalue weighted by Crippen LogP contribution is -2.27. The molecular weight excluding hydrogens is 298 g/mol. The molecule has 0 fully saturated rings. The third kappa shape index (κ3) is 4.65. The van der Waals surface area contributed by atoms with Crippen molar-refractivity contribution in [1.29, 1.82) is 0 Å². The lowest BCUT2D eigenvalue weighted by molar-refractivity contribution is 0.222. The van der Waals surface area contributed by atoms with Gasteiger partial charge in [0.1, 0.15) is 12.4 Å². The Balaban J connectivity index is 2.80. The van der Waals surface area contributed by atoms with E-state index in [1.165, 1.54) is 0 Å². The molecule has 0 aliphatic rings. The van der Waals surface area contributed by atoms with Crippen LogP contribution in [-0.4, -0.2) is 39.6 Å². The highest BCUT2D eigenvalue weighted by Gasteiger charge is 2.17. The van der Waals surface area contributed by atoms with Gasteiger partial charge < -0.3 is 9.64 Å². The van der Waals surface area contributed by atoms with E-state index < -0.39 is 9.05 Å². The molecule has 0 radical (unpaired) electrons. The number of nitrogens with zero attached hydrogens (tertiary/aromatic N) is 1. The standard InChI is InChI=1S/C14H22ClNO3S/c1-5-16(6-2)7-8-19-13-9-11(3)14(12(4)10-13)20(15,17)18/h9-10H,5-8H2,1-4H3. The molecule has 0 saturated carbocycles. The first-order valence-electron chi connectivity index (χ1n) is 6.70. The number of aryl methyl sites for hydroxylation is 2. The molecule has 114 valence electrons. The molecule has 0 atom stereocenters. The number of rotatable bonds is 7. The highest BCUT2D eigenvalue weighted by Crippen LogP contribution is 2.28. The molecule has 0 heterocycles. The van der Waals surface area contributed by atoms with E-state index in [0.29, 0.717) is 23.5 Å². The van der Waals surface area contributed by atoms with Gasteiger partial charge in [-0.2, -0.15) is 0 Å². The van der Waals surface area contributed by atoms with Crippen molar-refractivity contribution >= 4 is 19.7 Å². The fraction of sp³-hybridized carbons (Fsp3) is 0.571. The van der Waals surface area contributed by atoms with E-state index in [-0.39, 0.29) is 4.90 Å². The van der Waals surface area contributed by atoms with Crippen LogP contribution in [0, 0.1) is 13.8 Å². The van der Waals surface area contributed by atoms with Crippen molar-refractivity contribution in [3.05, 3.63) is 23.3 Å². The molecule has 0 spiro atoms. The maximum atomic E-state index is 11.5. The molecule has 0 saturated heterocycles. The van der Waals surface area contributed by atoms with Crippen molar-refractivity contribution in [1.82, 2.24) is 4.90 Å². The second-order valence-electron chi connectivity index (χ2n) is 4.70. The molecule has 0 aromatic heterocycles. The van der Waals surface area contributed by atoms with Gasteiger partial charge in [0.15, 0.2) is 0 Å². The summed E-state index contributed by atoms with van der Waals surface area (Å²) in [6.45, 7) is 11.1. The molecule has 20 heavy (non-hydrogen) atoms. The molecule has 1 aromatic carbocycles. The van der Waals surface area contributed by atoms with E-state index in [9.17, 15) is 8.42 Å². The average Bonchev–Trinajstić information content (AvgIpc) is 2.32. The van der Waals surface area contributed by atoms with Crippen molar-refractivity contribution in [3.63, 3.8) is 0 Å². The quantitative estimate of drug-likeness (QED) is 0.725. The predicted octanol–water partition coefficient (Wildman–Crippen LogP) is 2.95. The van der Waals surface area contributed by atoms with Crippen molar-refractivity contribution in [3.8, 4) is 5.75 Å². The van der Waals surface area contributed by atoms with E-state index in [1.807, 2.05) is 0 Å². The largest absolute Gasteiger partial charge is 0.492 e. The summed E-state index contributed by atoms with van der Waals surface area (Å²) in [5.74, 6) is 0.677. The fourth-order valence-corrected chi connectivity index (χ4v) is 3.83. The summed E-state index contributed by atoms with van der Waals surface area (Å²) in [6, 6.07) is 3.43. The van der Waals surface area contributed by atoms with Crippen LogP contribution in [0.4, 0.5) is 0 Å². The van der Waals surface area contributed by atoms with E-state index in [0.717, 1.165) is 19.6 Å². The van der Waals surface area contributed by atoms with Gasteiger partial charge in [0.25, 0.3) is 9.05 Å². The Morgan fingerprint density at radius 2 is 1.65 bits per heavy atom. The minimum Gasteiger partial charge on any atom is -0.492 e. The van der Waals surface area contributed by atoms with Gasteiger partial charge in [-0.3, -0.25) is 0 Å². The summed E-state index contributed by atoms with van der Waals surface area (Å²) in [5, 5.41) is 0. The Bertz CT molecular complexity index is 531. The first-order chi connectivity index (χ1) is 9.29. The summed E-state index contributed by atoms with van der Waals surface area (Å²) < 4.78 is 28.7. The van der Waals surface area contributed by atoms with Gasteiger partial charge in [-0.1, -0.05) is 13.8 Å². The zero-order valence-electron chi connectivity index (χ0n) is 12.4. The van der Waals surface area contributed by atoms with Crippen molar-refractivity contribution in [2.45, 2.75) is 32.6 Å². The fourth-order valence-electron chi connectivity index (χ4n) is 2.21. The maximum Gasteiger partial charge on any atom is 0.261 e. The normalized spacial score (nSPS) is 11.9. The highest BCUT2D eigenvalue weighted by atomic mass is 35.7. The smallest absolute Gasteiger partial charge is 0.261 e. The Labute approximate surface area is 126 Å². The molecule has 0 N–H and O–H groups in total. The number of hydrogen-bond acceptors (Lipinski definition) is 4. The van der Waals surface area contributed by atoms with E-state index in [2.05, 4.69) is 18.7 Å². The van der Waals surface area contributed by atoms with E-state index >= 15 is 0 Å². The van der Waals surface area contributed by atoms with Crippen LogP contribution in [0.15, 0.2) is 17.0 Å². The van der Waals surface area contributed by atoms with Crippen LogP contribution in [0.2, 0.25) is 0 Å². The van der Waals surface area contributed by atoms with Crippen molar-refractivity contribution < 1.29 is 13.2 Å². The first-order valence-corrected chi connectivity index (χ1v) is 9.01. The van der Waals surface area contributed by atoms with Gasteiger partial charge in [0, 0.05) is 17.2 Å². The predicted molar refractivity (Wildman–Crippen MR) is 82.2 cm³/mol. The average molecular weight is 320 g/mol. The molecule has 0 aliphatic heterocycles. The number of benzene rings is 1. The third-order valence-corrected chi connectivity index (χ3v) is 4.84. The van der Waals surface area contributed by atoms with E-state index in [4.69, 9.17) is 15.4 Å². The van der Waals surface area contributed by atoms with Crippen LogP contribution in [-0.2, 0) is 9.05 Å². The summed E-state index contributed by atoms with van der Waals surface area (Å²) in [4.78, 5) is 2.44. The lowest BCUT2D eigenvalue weighted by atomic mass is 10.1.